The van der Waals surface area contributed by atoms with E-state index in [9.17, 15) is 4.39 Å². The molecule has 0 aliphatic heterocycles. The third-order valence-corrected chi connectivity index (χ3v) is 2.50. The summed E-state index contributed by atoms with van der Waals surface area (Å²) in [5.74, 6) is -0.316. The summed E-state index contributed by atoms with van der Waals surface area (Å²) in [6, 6.07) is 7.31. The lowest BCUT2D eigenvalue weighted by Crippen LogP contribution is -1.74. The summed E-state index contributed by atoms with van der Waals surface area (Å²) in [5, 5.41) is 2.10. The average molecular weight is 220 g/mol. The minimum atomic E-state index is -0.316. The quantitative estimate of drug-likeness (QED) is 0.617. The van der Waals surface area contributed by atoms with Crippen molar-refractivity contribution in [3.63, 3.8) is 0 Å². The van der Waals surface area contributed by atoms with E-state index in [0.29, 0.717) is 10.7 Å². The van der Waals surface area contributed by atoms with Gasteiger partial charge in [-0.3, -0.25) is 0 Å². The first kappa shape index (κ1) is 8.68. The van der Waals surface area contributed by atoms with E-state index >= 15 is 0 Å². The number of nitrogens with one attached hydrogen (secondary N) is 1. The molecule has 2 heterocycles. The van der Waals surface area contributed by atoms with E-state index in [-0.39, 0.29) is 5.82 Å². The smallest absolute Gasteiger partial charge is 0.138 e. The van der Waals surface area contributed by atoms with Crippen molar-refractivity contribution in [2.24, 2.45) is 0 Å². The fourth-order valence-corrected chi connectivity index (χ4v) is 1.81. The summed E-state index contributed by atoms with van der Waals surface area (Å²) in [4.78, 5) is 7.16. The third kappa shape index (κ3) is 1.27. The van der Waals surface area contributed by atoms with Crippen molar-refractivity contribution in [1.82, 2.24) is 9.97 Å². The zero-order valence-electron chi connectivity index (χ0n) is 7.51. The molecule has 2 nitrogen and oxygen atoms in total. The van der Waals surface area contributed by atoms with Gasteiger partial charge < -0.3 is 4.98 Å². The van der Waals surface area contributed by atoms with Crippen LogP contribution in [0, 0.1) is 11.9 Å². The maximum Gasteiger partial charge on any atom is 0.138 e. The first-order valence-electron chi connectivity index (χ1n) is 4.38. The molecule has 0 aliphatic carbocycles. The molecular weight excluding hydrogens is 215 g/mol. The van der Waals surface area contributed by atoms with Crippen molar-refractivity contribution in [2.45, 2.75) is 0 Å². The molecule has 0 saturated carbocycles. The molecule has 4 heteroatoms. The highest BCUT2D eigenvalue weighted by Crippen LogP contribution is 2.26. The van der Waals surface area contributed by atoms with Crippen molar-refractivity contribution >= 4 is 33.5 Å². The van der Waals surface area contributed by atoms with Crippen LogP contribution in [-0.4, -0.2) is 9.97 Å². The Morgan fingerprint density at radius 2 is 2.20 bits per heavy atom. The van der Waals surface area contributed by atoms with Gasteiger partial charge >= 0.3 is 0 Å². The van der Waals surface area contributed by atoms with Crippen LogP contribution in [0.25, 0.3) is 21.9 Å². The van der Waals surface area contributed by atoms with Crippen molar-refractivity contribution < 1.29 is 4.39 Å². The SMILES string of the molecule is Fc1c[c]c2[nH]c3ncc(Cl)cc3c2c1. The highest BCUT2D eigenvalue weighted by molar-refractivity contribution is 6.31. The molecule has 0 fully saturated rings. The second kappa shape index (κ2) is 2.94. The largest absolute Gasteiger partial charge is 0.339 e. The fourth-order valence-electron chi connectivity index (χ4n) is 1.65. The average Bonchev–Trinajstić information content (AvgIpc) is 2.56. The summed E-state index contributed by atoms with van der Waals surface area (Å²) < 4.78 is 13.0. The lowest BCUT2D eigenvalue weighted by atomic mass is 10.2. The number of fused-ring (bicyclic) bond motifs is 3. The van der Waals surface area contributed by atoms with Crippen LogP contribution >= 0.6 is 11.6 Å². The number of hydrogen-bond acceptors (Lipinski definition) is 1. The highest BCUT2D eigenvalue weighted by atomic mass is 35.5. The van der Waals surface area contributed by atoms with Gasteiger partial charge in [0.05, 0.1) is 10.5 Å². The molecule has 3 aromatic rings. The van der Waals surface area contributed by atoms with Crippen LogP contribution in [0.15, 0.2) is 24.4 Å². The molecule has 1 N–H and O–H groups in total. The molecule has 0 saturated heterocycles. The van der Waals surface area contributed by atoms with E-state index in [1.165, 1.54) is 12.1 Å². The van der Waals surface area contributed by atoms with Gasteiger partial charge in [0, 0.05) is 23.0 Å². The molecule has 0 spiro atoms. The zero-order chi connectivity index (χ0) is 10.4. The van der Waals surface area contributed by atoms with Crippen LogP contribution in [0.1, 0.15) is 0 Å². The second-order valence-corrected chi connectivity index (χ2v) is 3.72. The number of aromatic nitrogens is 2. The lowest BCUT2D eigenvalue weighted by molar-refractivity contribution is 0.629. The van der Waals surface area contributed by atoms with Crippen molar-refractivity contribution in [3.8, 4) is 0 Å². The summed E-state index contributed by atoms with van der Waals surface area (Å²) >= 11 is 5.84. The Labute approximate surface area is 89.7 Å². The molecule has 0 atom stereocenters. The van der Waals surface area contributed by atoms with Crippen molar-refractivity contribution in [2.75, 3.05) is 0 Å². The zero-order valence-corrected chi connectivity index (χ0v) is 8.27. The Hall–Kier alpha value is -1.61. The lowest BCUT2D eigenvalue weighted by Gasteiger charge is -1.91. The molecule has 73 valence electrons. The Morgan fingerprint density at radius 1 is 1.33 bits per heavy atom. The van der Waals surface area contributed by atoms with Crippen molar-refractivity contribution in [1.29, 1.82) is 0 Å². The molecule has 3 rings (SSSR count). The van der Waals surface area contributed by atoms with Gasteiger partial charge in [0.2, 0.25) is 0 Å². The number of benzene rings is 1. The maximum atomic E-state index is 13.0. The van der Waals surface area contributed by atoms with Crippen LogP contribution < -0.4 is 0 Å². The Morgan fingerprint density at radius 3 is 3.07 bits per heavy atom. The monoisotopic (exact) mass is 219 g/mol. The molecule has 0 bridgehead atoms. The van der Waals surface area contributed by atoms with Gasteiger partial charge in [0.15, 0.2) is 0 Å². The van der Waals surface area contributed by atoms with Crippen LogP contribution in [-0.2, 0) is 0 Å². The Kier molecular flexibility index (Phi) is 1.70. The number of H-pyrrole nitrogens is 1. The molecule has 1 aromatic carbocycles. The third-order valence-electron chi connectivity index (χ3n) is 2.29. The van der Waals surface area contributed by atoms with E-state index in [2.05, 4.69) is 16.0 Å². The predicted molar refractivity (Wildman–Crippen MR) is 57.4 cm³/mol. The molecule has 15 heavy (non-hydrogen) atoms. The van der Waals surface area contributed by atoms with Crippen LogP contribution in [0.5, 0.6) is 0 Å². The van der Waals surface area contributed by atoms with Gasteiger partial charge in [-0.2, -0.15) is 0 Å². The van der Waals surface area contributed by atoms with E-state index in [1.807, 2.05) is 0 Å². The minimum Gasteiger partial charge on any atom is -0.339 e. The van der Waals surface area contributed by atoms with E-state index in [0.717, 1.165) is 16.3 Å². The topological polar surface area (TPSA) is 28.7 Å². The molecule has 1 radical (unpaired) electrons. The number of rotatable bonds is 0. The van der Waals surface area contributed by atoms with Crippen LogP contribution in [0.2, 0.25) is 5.02 Å². The summed E-state index contributed by atoms with van der Waals surface area (Å²) in [7, 11) is 0. The Bertz CT molecular complexity index is 604. The fraction of sp³-hybridized carbons (Fsp3) is 0. The van der Waals surface area contributed by atoms with Gasteiger partial charge in [-0.15, -0.1) is 0 Å². The first-order valence-corrected chi connectivity index (χ1v) is 4.76. The first-order chi connectivity index (χ1) is 7.24. The van der Waals surface area contributed by atoms with Gasteiger partial charge in [-0.1, -0.05) is 11.6 Å². The van der Waals surface area contributed by atoms with Crippen LogP contribution in [0.3, 0.4) is 0 Å². The van der Waals surface area contributed by atoms with E-state index in [1.54, 1.807) is 12.3 Å². The van der Waals surface area contributed by atoms with Crippen molar-refractivity contribution in [3.05, 3.63) is 41.3 Å². The van der Waals surface area contributed by atoms with Gasteiger partial charge in [-0.05, 0) is 18.2 Å². The number of pyridine rings is 1. The highest BCUT2D eigenvalue weighted by Gasteiger charge is 2.06. The predicted octanol–water partition coefficient (Wildman–Crippen LogP) is 3.31. The van der Waals surface area contributed by atoms with Crippen LogP contribution in [0.4, 0.5) is 4.39 Å². The number of nitrogens with zero attached hydrogens (tertiary/aromatic N) is 1. The molecule has 2 aromatic heterocycles. The van der Waals surface area contributed by atoms with E-state index < -0.39 is 0 Å². The van der Waals surface area contributed by atoms with Gasteiger partial charge in [0.1, 0.15) is 11.5 Å². The number of halogens is 2. The van der Waals surface area contributed by atoms with Gasteiger partial charge in [-0.25, -0.2) is 9.37 Å². The summed E-state index contributed by atoms with van der Waals surface area (Å²) in [6.45, 7) is 0. The molecular formula is C11H5ClFN2. The number of hydrogen-bond donors (Lipinski definition) is 1. The standard InChI is InChI=1S/C11H5ClFN2/c12-6-3-9-8-4-7(13)1-2-10(8)15-11(9)14-5-6/h1,3-5H,(H,14,15). The maximum absolute atomic E-state index is 13.0. The minimum absolute atomic E-state index is 0.316. The molecule has 0 amide bonds. The summed E-state index contributed by atoms with van der Waals surface area (Å²) in [5.41, 5.74) is 1.43. The molecule has 0 aliphatic rings. The van der Waals surface area contributed by atoms with Gasteiger partial charge in [0.25, 0.3) is 0 Å². The molecule has 0 unspecified atom stereocenters. The normalized spacial score (nSPS) is 11.3. The summed E-state index contributed by atoms with van der Waals surface area (Å²) in [6.07, 6.45) is 1.55. The Balaban J connectivity index is 2.55. The second-order valence-electron chi connectivity index (χ2n) is 3.28. The number of aromatic amines is 1. The van der Waals surface area contributed by atoms with E-state index in [4.69, 9.17) is 11.6 Å².